The molecule has 0 fully saturated rings. The van der Waals surface area contributed by atoms with Crippen molar-refractivity contribution in [3.8, 4) is 0 Å². The highest BCUT2D eigenvalue weighted by Crippen LogP contribution is 2.25. The second-order valence-corrected chi connectivity index (χ2v) is 9.57. The minimum atomic E-state index is -3.82. The third-order valence-corrected chi connectivity index (χ3v) is 7.60. The Labute approximate surface area is 182 Å². The summed E-state index contributed by atoms with van der Waals surface area (Å²) in [5.41, 5.74) is 5.69. The normalized spacial score (nSPS) is 13.0. The lowest BCUT2D eigenvalue weighted by molar-refractivity contribution is -0.144. The van der Waals surface area contributed by atoms with Gasteiger partial charge in [0.05, 0.1) is 12.0 Å². The van der Waals surface area contributed by atoms with Crippen molar-refractivity contribution in [2.45, 2.75) is 51.5 Å². The minimum Gasteiger partial charge on any atom is -0.468 e. The van der Waals surface area contributed by atoms with Crippen LogP contribution in [0.2, 0.25) is 0 Å². The molecule has 0 aliphatic rings. The first-order chi connectivity index (χ1) is 14.6. The number of esters is 1. The summed E-state index contributed by atoms with van der Waals surface area (Å²) in [5.74, 6) is 0.295. The van der Waals surface area contributed by atoms with Gasteiger partial charge in [0.1, 0.15) is 17.4 Å². The lowest BCUT2D eigenvalue weighted by atomic mass is 9.99. The number of fused-ring (bicyclic) bond motifs is 1. The van der Waals surface area contributed by atoms with Crippen molar-refractivity contribution < 1.29 is 17.9 Å². The molecule has 3 rings (SSSR count). The number of H-pyrrole nitrogens is 1. The second kappa shape index (κ2) is 8.76. The minimum absolute atomic E-state index is 0.122. The van der Waals surface area contributed by atoms with Crippen LogP contribution in [0.4, 0.5) is 0 Å². The Balaban J connectivity index is 1.88. The molecule has 1 aromatic carbocycles. The number of aromatic nitrogens is 3. The van der Waals surface area contributed by atoms with E-state index in [0.29, 0.717) is 6.42 Å². The molecular weight excluding hydrogens is 416 g/mol. The highest BCUT2D eigenvalue weighted by molar-refractivity contribution is 7.89. The maximum Gasteiger partial charge on any atom is 0.323 e. The van der Waals surface area contributed by atoms with Gasteiger partial charge in [-0.05, 0) is 56.0 Å². The quantitative estimate of drug-likeness (QED) is 0.562. The molecule has 166 valence electrons. The first-order valence-electron chi connectivity index (χ1n) is 10.1. The van der Waals surface area contributed by atoms with Crippen LogP contribution in [0.25, 0.3) is 11.2 Å². The molecule has 1 atom stereocenters. The number of carbonyl (C=O) groups excluding carboxylic acids is 1. The molecule has 0 spiro atoms. The van der Waals surface area contributed by atoms with Gasteiger partial charge < -0.3 is 9.72 Å². The Morgan fingerprint density at radius 3 is 2.42 bits per heavy atom. The first-order valence-corrected chi connectivity index (χ1v) is 11.5. The van der Waals surface area contributed by atoms with Crippen molar-refractivity contribution in [2.75, 3.05) is 14.2 Å². The Kier molecular flexibility index (Phi) is 6.47. The van der Waals surface area contributed by atoms with Crippen LogP contribution in [0.5, 0.6) is 0 Å². The van der Waals surface area contributed by atoms with Crippen LogP contribution >= 0.6 is 0 Å². The molecule has 0 saturated carbocycles. The van der Waals surface area contributed by atoms with Crippen LogP contribution in [0.15, 0.2) is 29.2 Å². The smallest absolute Gasteiger partial charge is 0.323 e. The average molecular weight is 445 g/mol. The number of hydrogen-bond acceptors (Lipinski definition) is 6. The fourth-order valence-corrected chi connectivity index (χ4v) is 4.82. The maximum atomic E-state index is 12.8. The zero-order valence-corrected chi connectivity index (χ0v) is 19.5. The molecule has 1 unspecified atom stereocenters. The summed E-state index contributed by atoms with van der Waals surface area (Å²) >= 11 is 0. The molecule has 0 saturated heterocycles. The molecule has 31 heavy (non-hydrogen) atoms. The van der Waals surface area contributed by atoms with E-state index < -0.39 is 22.0 Å². The van der Waals surface area contributed by atoms with Gasteiger partial charge in [-0.1, -0.05) is 19.1 Å². The number of nitrogens with zero attached hydrogens (tertiary/aromatic N) is 3. The summed E-state index contributed by atoms with van der Waals surface area (Å²) in [4.78, 5) is 24.4. The van der Waals surface area contributed by atoms with E-state index in [0.717, 1.165) is 50.1 Å². The van der Waals surface area contributed by atoms with Crippen LogP contribution in [-0.2, 0) is 32.4 Å². The molecule has 2 aromatic heterocycles. The van der Waals surface area contributed by atoms with Crippen LogP contribution in [0.1, 0.15) is 42.1 Å². The van der Waals surface area contributed by atoms with Gasteiger partial charge in [-0.15, -0.1) is 0 Å². The zero-order chi connectivity index (χ0) is 22.9. The Bertz CT molecular complexity index is 1220. The predicted molar refractivity (Wildman–Crippen MR) is 118 cm³/mol. The molecule has 9 heteroatoms. The summed E-state index contributed by atoms with van der Waals surface area (Å²) in [5, 5.41) is 0. The maximum absolute atomic E-state index is 12.8. The van der Waals surface area contributed by atoms with Crippen LogP contribution in [0, 0.1) is 13.8 Å². The standard InChI is InChI=1S/C22H28N4O4S/c1-7-19-24-20-13(2)18(14(3)23-21(20)25-19)12-16-8-10-17(11-9-16)31(28,29)26(5)15(4)22(27)30-6/h8-11,15H,7,12H2,1-6H3,(H,23,24,25). The number of aromatic amines is 1. The topological polar surface area (TPSA) is 105 Å². The van der Waals surface area contributed by atoms with E-state index in [1.54, 1.807) is 24.3 Å². The molecule has 1 N–H and O–H groups in total. The first kappa shape index (κ1) is 22.9. The van der Waals surface area contributed by atoms with Crippen LogP contribution in [0.3, 0.4) is 0 Å². The van der Waals surface area contributed by atoms with Crippen molar-refractivity contribution in [1.29, 1.82) is 0 Å². The van der Waals surface area contributed by atoms with Crippen molar-refractivity contribution >= 4 is 27.2 Å². The van der Waals surface area contributed by atoms with E-state index >= 15 is 0 Å². The molecule has 3 aromatic rings. The molecule has 0 amide bonds. The van der Waals surface area contributed by atoms with Gasteiger partial charge in [-0.2, -0.15) is 4.31 Å². The number of carbonyl (C=O) groups is 1. The number of nitrogens with one attached hydrogen (secondary N) is 1. The highest BCUT2D eigenvalue weighted by atomic mass is 32.2. The number of imidazole rings is 1. The number of methoxy groups -OCH3 is 1. The number of likely N-dealkylation sites (N-methyl/N-ethyl adjacent to an activating group) is 1. The molecule has 8 nitrogen and oxygen atoms in total. The summed E-state index contributed by atoms with van der Waals surface area (Å²) in [6.07, 6.45) is 1.42. The van der Waals surface area contributed by atoms with Gasteiger partial charge in [-0.25, -0.2) is 18.4 Å². The zero-order valence-electron chi connectivity index (χ0n) is 18.7. The van der Waals surface area contributed by atoms with Gasteiger partial charge in [-0.3, -0.25) is 4.79 Å². The SMILES string of the molecule is CCc1nc2c(C)c(Cc3ccc(S(=O)(=O)N(C)C(C)C(=O)OC)cc3)c(C)nc2[nH]1. The largest absolute Gasteiger partial charge is 0.468 e. The van der Waals surface area contributed by atoms with E-state index in [1.165, 1.54) is 21.1 Å². The second-order valence-electron chi connectivity index (χ2n) is 7.58. The number of rotatable bonds is 7. The monoisotopic (exact) mass is 444 g/mol. The number of benzene rings is 1. The van der Waals surface area contributed by atoms with Crippen LogP contribution < -0.4 is 0 Å². The number of pyridine rings is 1. The van der Waals surface area contributed by atoms with E-state index in [1.807, 2.05) is 20.8 Å². The molecule has 0 radical (unpaired) electrons. The molecule has 0 bridgehead atoms. The summed E-state index contributed by atoms with van der Waals surface area (Å²) in [6, 6.07) is 5.78. The number of sulfonamides is 1. The predicted octanol–water partition coefficient (Wildman–Crippen LogP) is 2.91. The van der Waals surface area contributed by atoms with Crippen molar-refractivity contribution in [3.63, 3.8) is 0 Å². The lowest BCUT2D eigenvalue weighted by Gasteiger charge is -2.22. The van der Waals surface area contributed by atoms with E-state index in [9.17, 15) is 13.2 Å². The fourth-order valence-electron chi connectivity index (χ4n) is 3.51. The van der Waals surface area contributed by atoms with Crippen molar-refractivity contribution in [3.05, 3.63) is 52.5 Å². The molecule has 0 aliphatic heterocycles. The highest BCUT2D eigenvalue weighted by Gasteiger charge is 2.30. The lowest BCUT2D eigenvalue weighted by Crippen LogP contribution is -2.40. The molecule has 2 heterocycles. The molecule has 0 aliphatic carbocycles. The average Bonchev–Trinajstić information content (AvgIpc) is 3.18. The van der Waals surface area contributed by atoms with Gasteiger partial charge in [0.15, 0.2) is 5.65 Å². The van der Waals surface area contributed by atoms with E-state index in [2.05, 4.69) is 19.7 Å². The molecular formula is C22H28N4O4S. The van der Waals surface area contributed by atoms with Gasteiger partial charge in [0.2, 0.25) is 10.0 Å². The summed E-state index contributed by atoms with van der Waals surface area (Å²) < 4.78 is 31.4. The van der Waals surface area contributed by atoms with Gasteiger partial charge in [0.25, 0.3) is 0 Å². The van der Waals surface area contributed by atoms with E-state index in [-0.39, 0.29) is 4.90 Å². The van der Waals surface area contributed by atoms with Gasteiger partial charge in [0, 0.05) is 19.2 Å². The number of aryl methyl sites for hydroxylation is 3. The van der Waals surface area contributed by atoms with Crippen molar-refractivity contribution in [2.24, 2.45) is 0 Å². The third kappa shape index (κ3) is 4.33. The van der Waals surface area contributed by atoms with Crippen molar-refractivity contribution in [1.82, 2.24) is 19.3 Å². The van der Waals surface area contributed by atoms with E-state index in [4.69, 9.17) is 0 Å². The fraction of sp³-hybridized carbons (Fsp3) is 0.409. The summed E-state index contributed by atoms with van der Waals surface area (Å²) in [7, 11) is -1.22. The number of hydrogen-bond donors (Lipinski definition) is 1. The third-order valence-electron chi connectivity index (χ3n) is 5.66. The van der Waals surface area contributed by atoms with Gasteiger partial charge >= 0.3 is 5.97 Å². The van der Waals surface area contributed by atoms with Crippen LogP contribution in [-0.4, -0.2) is 53.8 Å². The Hall–Kier alpha value is -2.78. The Morgan fingerprint density at radius 1 is 1.19 bits per heavy atom. The Morgan fingerprint density at radius 2 is 1.84 bits per heavy atom. The summed E-state index contributed by atoms with van der Waals surface area (Å²) in [6.45, 7) is 7.54. The number of ether oxygens (including phenoxy) is 1.